The maximum absolute atomic E-state index is 4.03. The van der Waals surface area contributed by atoms with E-state index < -0.39 is 0 Å². The lowest BCUT2D eigenvalue weighted by Gasteiger charge is -2.21. The Balaban J connectivity index is 0. The topological polar surface area (TPSA) is 0 Å². The van der Waals surface area contributed by atoms with Crippen molar-refractivity contribution < 1.29 is 0 Å². The van der Waals surface area contributed by atoms with E-state index in [9.17, 15) is 0 Å². The van der Waals surface area contributed by atoms with Crippen molar-refractivity contribution in [2.75, 3.05) is 0 Å². The lowest BCUT2D eigenvalue weighted by atomic mass is 9.84. The molecular weight excluding hydrogens is 204 g/mol. The molecule has 0 saturated carbocycles. The van der Waals surface area contributed by atoms with Crippen molar-refractivity contribution in [2.24, 2.45) is 5.41 Å². The van der Waals surface area contributed by atoms with Crippen LogP contribution in [0.1, 0.15) is 67.2 Å². The first kappa shape index (κ1) is 18.6. The van der Waals surface area contributed by atoms with Crippen LogP contribution in [0.5, 0.6) is 0 Å². The molecule has 0 unspecified atom stereocenters. The second kappa shape index (κ2) is 10.4. The largest absolute Gasteiger partial charge is 0.103 e. The highest BCUT2D eigenvalue weighted by Gasteiger charge is 2.14. The monoisotopic (exact) mass is 236 g/mol. The molecule has 0 nitrogen and oxygen atoms in total. The first-order valence-corrected chi connectivity index (χ1v) is 6.73. The predicted molar refractivity (Wildman–Crippen MR) is 82.4 cm³/mol. The molecule has 0 saturated heterocycles. The summed E-state index contributed by atoms with van der Waals surface area (Å²) in [7, 11) is 0. The van der Waals surface area contributed by atoms with Gasteiger partial charge in [0.25, 0.3) is 0 Å². The highest BCUT2D eigenvalue weighted by molar-refractivity contribution is 5.17. The fourth-order valence-corrected chi connectivity index (χ4v) is 1.47. The molecule has 0 amide bonds. The van der Waals surface area contributed by atoms with E-state index in [1.54, 1.807) is 6.08 Å². The van der Waals surface area contributed by atoms with Gasteiger partial charge in [0.15, 0.2) is 0 Å². The molecule has 0 aliphatic rings. The van der Waals surface area contributed by atoms with Crippen LogP contribution in [-0.4, -0.2) is 0 Å². The van der Waals surface area contributed by atoms with Crippen molar-refractivity contribution in [1.82, 2.24) is 0 Å². The summed E-state index contributed by atoms with van der Waals surface area (Å²) in [6, 6.07) is 0. The van der Waals surface area contributed by atoms with E-state index >= 15 is 0 Å². The van der Waals surface area contributed by atoms with E-state index in [-0.39, 0.29) is 5.41 Å². The fourth-order valence-electron chi connectivity index (χ4n) is 1.47. The molecule has 0 fully saturated rings. The minimum atomic E-state index is 0.163. The average molecular weight is 236 g/mol. The van der Waals surface area contributed by atoms with Gasteiger partial charge in [-0.3, -0.25) is 0 Å². The third kappa shape index (κ3) is 11.5. The second-order valence-electron chi connectivity index (χ2n) is 5.36. The number of hydrogen-bond acceptors (Lipinski definition) is 0. The van der Waals surface area contributed by atoms with E-state index in [4.69, 9.17) is 0 Å². The molecule has 0 aromatic carbocycles. The Morgan fingerprint density at radius 3 is 2.00 bits per heavy atom. The quantitative estimate of drug-likeness (QED) is 0.374. The summed E-state index contributed by atoms with van der Waals surface area (Å²) >= 11 is 0. The van der Waals surface area contributed by atoms with Crippen molar-refractivity contribution >= 4 is 0 Å². The van der Waals surface area contributed by atoms with Gasteiger partial charge in [-0.1, -0.05) is 63.5 Å². The van der Waals surface area contributed by atoms with Gasteiger partial charge in [-0.15, -0.1) is 6.58 Å². The van der Waals surface area contributed by atoms with Crippen molar-refractivity contribution in [2.45, 2.75) is 67.2 Å². The first-order chi connectivity index (χ1) is 7.81. The third-order valence-electron chi connectivity index (χ3n) is 2.88. The van der Waals surface area contributed by atoms with Gasteiger partial charge >= 0.3 is 0 Å². The van der Waals surface area contributed by atoms with Gasteiger partial charge in [-0.2, -0.15) is 0 Å². The lowest BCUT2D eigenvalue weighted by molar-refractivity contribution is 0.572. The molecule has 0 bridgehead atoms. The van der Waals surface area contributed by atoms with Gasteiger partial charge in [0.1, 0.15) is 0 Å². The number of hydrogen-bond donors (Lipinski definition) is 0. The van der Waals surface area contributed by atoms with Crippen LogP contribution in [0.25, 0.3) is 0 Å². The highest BCUT2D eigenvalue weighted by Crippen LogP contribution is 2.28. The van der Waals surface area contributed by atoms with Crippen molar-refractivity contribution in [3.8, 4) is 0 Å². The van der Waals surface area contributed by atoms with Crippen molar-refractivity contribution in [3.05, 3.63) is 36.5 Å². The molecule has 100 valence electrons. The fraction of sp³-hybridized carbons (Fsp3) is 0.647. The average Bonchev–Trinajstić information content (AvgIpc) is 2.18. The molecule has 0 heteroatoms. The summed E-state index contributed by atoms with van der Waals surface area (Å²) < 4.78 is 0. The van der Waals surface area contributed by atoms with Gasteiger partial charge in [0, 0.05) is 5.41 Å². The highest BCUT2D eigenvalue weighted by atomic mass is 14.2. The number of allylic oxidation sites excluding steroid dienone is 4. The van der Waals surface area contributed by atoms with Crippen LogP contribution in [-0.2, 0) is 0 Å². The Morgan fingerprint density at radius 1 is 1.18 bits per heavy atom. The molecule has 0 aliphatic carbocycles. The van der Waals surface area contributed by atoms with Crippen molar-refractivity contribution in [1.29, 1.82) is 0 Å². The predicted octanol–water partition coefficient (Wildman–Crippen LogP) is 6.31. The third-order valence-corrected chi connectivity index (χ3v) is 2.88. The van der Waals surface area contributed by atoms with E-state index in [1.807, 2.05) is 6.92 Å². The molecule has 0 radical (unpaired) electrons. The minimum absolute atomic E-state index is 0.163. The SMILES string of the molecule is C=C(C)C(C)(C)/C=C(\C)CCCCC.C=CC. The Labute approximate surface area is 110 Å². The van der Waals surface area contributed by atoms with E-state index in [2.05, 4.69) is 53.9 Å². The van der Waals surface area contributed by atoms with Gasteiger partial charge in [0.2, 0.25) is 0 Å². The van der Waals surface area contributed by atoms with Gasteiger partial charge in [-0.05, 0) is 33.6 Å². The smallest absolute Gasteiger partial charge is 0.00313 e. The zero-order valence-electron chi connectivity index (χ0n) is 12.9. The maximum Gasteiger partial charge on any atom is 0.00313 e. The van der Waals surface area contributed by atoms with Gasteiger partial charge in [-0.25, -0.2) is 0 Å². The minimum Gasteiger partial charge on any atom is -0.103 e. The Hall–Kier alpha value is -0.780. The maximum atomic E-state index is 4.03. The number of rotatable bonds is 6. The molecule has 0 spiro atoms. The van der Waals surface area contributed by atoms with Crippen LogP contribution in [0.4, 0.5) is 0 Å². The van der Waals surface area contributed by atoms with Gasteiger partial charge in [0.05, 0.1) is 0 Å². The zero-order chi connectivity index (χ0) is 13.9. The molecule has 0 aromatic heterocycles. The van der Waals surface area contributed by atoms with Gasteiger partial charge < -0.3 is 0 Å². The van der Waals surface area contributed by atoms with Crippen molar-refractivity contribution in [3.63, 3.8) is 0 Å². The van der Waals surface area contributed by atoms with Crippen LogP contribution >= 0.6 is 0 Å². The summed E-state index contributed by atoms with van der Waals surface area (Å²) in [5, 5.41) is 0. The molecule has 0 rings (SSSR count). The molecule has 0 N–H and O–H groups in total. The van der Waals surface area contributed by atoms with E-state index in [0.717, 1.165) is 0 Å². The van der Waals surface area contributed by atoms with E-state index in [0.29, 0.717) is 0 Å². The second-order valence-corrected chi connectivity index (χ2v) is 5.36. The molecule has 0 aromatic rings. The first-order valence-electron chi connectivity index (χ1n) is 6.73. The van der Waals surface area contributed by atoms with Crippen LogP contribution < -0.4 is 0 Å². The molecule has 17 heavy (non-hydrogen) atoms. The Morgan fingerprint density at radius 2 is 1.65 bits per heavy atom. The summed E-state index contributed by atoms with van der Waals surface area (Å²) in [5.41, 5.74) is 2.91. The lowest BCUT2D eigenvalue weighted by Crippen LogP contribution is -2.08. The standard InChI is InChI=1S/C14H26.C3H6/c1-7-8-9-10-13(4)11-14(5,6)12(2)3;1-3-2/h11H,2,7-10H2,1,3-6H3;3H,1H2,2H3/b13-11+;. The van der Waals surface area contributed by atoms with Crippen LogP contribution in [0.15, 0.2) is 36.5 Å². The summed E-state index contributed by atoms with van der Waals surface area (Å²) in [5.74, 6) is 0. The van der Waals surface area contributed by atoms with Crippen LogP contribution in [0, 0.1) is 5.41 Å². The normalized spacial score (nSPS) is 11.5. The Bertz CT molecular complexity index is 241. The van der Waals surface area contributed by atoms with Crippen LogP contribution in [0.2, 0.25) is 0 Å². The summed E-state index contributed by atoms with van der Waals surface area (Å²) in [4.78, 5) is 0. The molecule has 0 atom stereocenters. The van der Waals surface area contributed by atoms with Crippen LogP contribution in [0.3, 0.4) is 0 Å². The molecule has 0 aliphatic heterocycles. The molecular formula is C17H32. The summed E-state index contributed by atoms with van der Waals surface area (Å²) in [6.07, 6.45) is 9.33. The Kier molecular flexibility index (Phi) is 11.3. The molecule has 0 heterocycles. The number of unbranched alkanes of at least 4 members (excludes halogenated alkanes) is 2. The summed E-state index contributed by atoms with van der Waals surface area (Å²) in [6.45, 7) is 20.3. The van der Waals surface area contributed by atoms with E-state index in [1.165, 1.54) is 36.8 Å². The zero-order valence-corrected chi connectivity index (χ0v) is 12.9.